The molecular formula is C27H37N3O2. The van der Waals surface area contributed by atoms with Gasteiger partial charge in [0.05, 0.1) is 5.60 Å². The summed E-state index contributed by atoms with van der Waals surface area (Å²) in [5.74, 6) is 0.818. The second-order valence-electron chi connectivity index (χ2n) is 10.2. The van der Waals surface area contributed by atoms with Gasteiger partial charge in [-0.15, -0.1) is 0 Å². The van der Waals surface area contributed by atoms with Gasteiger partial charge in [0.15, 0.2) is 11.5 Å². The number of fused-ring (bicyclic) bond motifs is 1. The molecule has 0 radical (unpaired) electrons. The van der Waals surface area contributed by atoms with Crippen molar-refractivity contribution in [3.63, 3.8) is 0 Å². The van der Waals surface area contributed by atoms with Gasteiger partial charge in [-0.25, -0.2) is 4.98 Å². The van der Waals surface area contributed by atoms with E-state index in [4.69, 9.17) is 14.1 Å². The maximum absolute atomic E-state index is 6.36. The fourth-order valence-corrected chi connectivity index (χ4v) is 5.25. The Kier molecular flexibility index (Phi) is 6.17. The molecule has 3 heterocycles. The van der Waals surface area contributed by atoms with E-state index in [2.05, 4.69) is 56.6 Å². The van der Waals surface area contributed by atoms with E-state index < -0.39 is 0 Å². The van der Waals surface area contributed by atoms with Gasteiger partial charge in [0, 0.05) is 42.4 Å². The molecule has 0 saturated carbocycles. The van der Waals surface area contributed by atoms with Crippen LogP contribution in [0.4, 0.5) is 0 Å². The molecule has 3 aromatic rings. The van der Waals surface area contributed by atoms with Crippen LogP contribution in [0.15, 0.2) is 47.0 Å². The smallest absolute Gasteiger partial charge is 0.195 e. The van der Waals surface area contributed by atoms with Gasteiger partial charge in [0.1, 0.15) is 5.52 Å². The van der Waals surface area contributed by atoms with E-state index in [-0.39, 0.29) is 16.6 Å². The minimum absolute atomic E-state index is 0.0130. The largest absolute Gasteiger partial charge is 0.441 e. The number of pyridine rings is 1. The van der Waals surface area contributed by atoms with Gasteiger partial charge in [0.25, 0.3) is 0 Å². The normalized spacial score (nSPS) is 20.3. The SMILES string of the molecule is CCOC(C)(C)[C@]1(CCc2nc3ccccc3o2)CCN(C(C)(C)c2ccc(C)nc2)C1. The van der Waals surface area contributed by atoms with Crippen LogP contribution in [0.5, 0.6) is 0 Å². The van der Waals surface area contributed by atoms with Crippen molar-refractivity contribution in [2.75, 3.05) is 19.7 Å². The predicted octanol–water partition coefficient (Wildman–Crippen LogP) is 5.91. The van der Waals surface area contributed by atoms with Gasteiger partial charge in [-0.2, -0.15) is 0 Å². The van der Waals surface area contributed by atoms with Crippen molar-refractivity contribution in [2.24, 2.45) is 5.41 Å². The summed E-state index contributed by atoms with van der Waals surface area (Å²) in [7, 11) is 0. The molecule has 5 nitrogen and oxygen atoms in total. The number of para-hydroxylation sites is 2. The van der Waals surface area contributed by atoms with Crippen LogP contribution in [-0.2, 0) is 16.7 Å². The minimum Gasteiger partial charge on any atom is -0.441 e. The average Bonchev–Trinajstić information content (AvgIpc) is 3.38. The highest BCUT2D eigenvalue weighted by Crippen LogP contribution is 2.49. The molecule has 0 bridgehead atoms. The first kappa shape index (κ1) is 22.9. The van der Waals surface area contributed by atoms with Crippen LogP contribution in [0.1, 0.15) is 64.6 Å². The molecule has 4 rings (SSSR count). The summed E-state index contributed by atoms with van der Waals surface area (Å²) in [6.45, 7) is 16.0. The summed E-state index contributed by atoms with van der Waals surface area (Å²) in [6.07, 6.45) is 4.90. The Hall–Kier alpha value is -2.24. The molecule has 2 aromatic heterocycles. The Morgan fingerprint density at radius 3 is 2.59 bits per heavy atom. The van der Waals surface area contributed by atoms with Crippen LogP contribution in [-0.4, -0.2) is 40.2 Å². The number of aryl methyl sites for hydroxylation is 2. The van der Waals surface area contributed by atoms with Crippen molar-refractivity contribution in [2.45, 2.75) is 71.9 Å². The molecule has 1 fully saturated rings. The molecule has 0 aliphatic carbocycles. The van der Waals surface area contributed by atoms with E-state index in [1.807, 2.05) is 37.4 Å². The monoisotopic (exact) mass is 435 g/mol. The zero-order chi connectivity index (χ0) is 23.0. The lowest BCUT2D eigenvalue weighted by molar-refractivity contribution is -0.110. The summed E-state index contributed by atoms with van der Waals surface area (Å²) in [5.41, 5.74) is 3.78. The fourth-order valence-electron chi connectivity index (χ4n) is 5.25. The lowest BCUT2D eigenvalue weighted by Gasteiger charge is -2.45. The number of nitrogens with zero attached hydrogens (tertiary/aromatic N) is 3. The van der Waals surface area contributed by atoms with E-state index in [0.717, 1.165) is 55.0 Å². The molecular weight excluding hydrogens is 398 g/mol. The zero-order valence-corrected chi connectivity index (χ0v) is 20.4. The van der Waals surface area contributed by atoms with Crippen LogP contribution >= 0.6 is 0 Å². The van der Waals surface area contributed by atoms with Crippen molar-refractivity contribution >= 4 is 11.1 Å². The molecule has 172 valence electrons. The van der Waals surface area contributed by atoms with Crippen LogP contribution in [0.2, 0.25) is 0 Å². The number of likely N-dealkylation sites (tertiary alicyclic amines) is 1. The first-order valence-corrected chi connectivity index (χ1v) is 11.8. The number of aromatic nitrogens is 2. The Morgan fingerprint density at radius 2 is 1.91 bits per heavy atom. The standard InChI is InChI=1S/C27H37N3O2/c1-7-31-26(5,6)27(15-14-24-29-22-10-8-9-11-23(22)32-24)16-17-30(19-27)25(3,4)21-13-12-20(2)28-18-21/h8-13,18H,7,14-17,19H2,1-6H3/t27-/m1/s1. The Labute approximate surface area is 192 Å². The summed E-state index contributed by atoms with van der Waals surface area (Å²) < 4.78 is 12.4. The highest BCUT2D eigenvalue weighted by molar-refractivity contribution is 5.72. The molecule has 0 amide bonds. The van der Waals surface area contributed by atoms with Crippen molar-refractivity contribution in [1.29, 1.82) is 0 Å². The van der Waals surface area contributed by atoms with E-state index >= 15 is 0 Å². The third kappa shape index (κ3) is 4.20. The van der Waals surface area contributed by atoms with E-state index in [9.17, 15) is 0 Å². The van der Waals surface area contributed by atoms with Crippen molar-refractivity contribution < 1.29 is 9.15 Å². The highest BCUT2D eigenvalue weighted by atomic mass is 16.5. The summed E-state index contributed by atoms with van der Waals surface area (Å²) in [6, 6.07) is 12.3. The molecule has 0 unspecified atom stereocenters. The Morgan fingerprint density at radius 1 is 1.12 bits per heavy atom. The van der Waals surface area contributed by atoms with Crippen LogP contribution in [0, 0.1) is 12.3 Å². The maximum atomic E-state index is 6.36. The van der Waals surface area contributed by atoms with E-state index in [1.54, 1.807) is 0 Å². The second-order valence-corrected chi connectivity index (χ2v) is 10.2. The molecule has 32 heavy (non-hydrogen) atoms. The third-order valence-electron chi connectivity index (χ3n) is 7.70. The van der Waals surface area contributed by atoms with Gasteiger partial charge < -0.3 is 9.15 Å². The topological polar surface area (TPSA) is 51.4 Å². The maximum Gasteiger partial charge on any atom is 0.195 e. The summed E-state index contributed by atoms with van der Waals surface area (Å²) in [5, 5.41) is 0. The Bertz CT molecular complexity index is 1020. The Balaban J connectivity index is 1.58. The number of hydrogen-bond acceptors (Lipinski definition) is 5. The number of oxazole rings is 1. The van der Waals surface area contributed by atoms with Crippen molar-refractivity contribution in [3.05, 3.63) is 59.7 Å². The fraction of sp³-hybridized carbons (Fsp3) is 0.556. The highest BCUT2D eigenvalue weighted by Gasteiger charge is 2.52. The molecule has 0 spiro atoms. The lowest BCUT2D eigenvalue weighted by Crippen LogP contribution is -2.50. The first-order chi connectivity index (χ1) is 15.2. The molecule has 1 atom stereocenters. The zero-order valence-electron chi connectivity index (χ0n) is 20.4. The van der Waals surface area contributed by atoms with Crippen LogP contribution in [0.25, 0.3) is 11.1 Å². The van der Waals surface area contributed by atoms with Gasteiger partial charge in [-0.1, -0.05) is 18.2 Å². The predicted molar refractivity (Wildman–Crippen MR) is 129 cm³/mol. The lowest BCUT2D eigenvalue weighted by atomic mass is 9.69. The van der Waals surface area contributed by atoms with Crippen molar-refractivity contribution in [3.8, 4) is 0 Å². The molecule has 1 aromatic carbocycles. The molecule has 5 heteroatoms. The molecule has 0 N–H and O–H groups in total. The number of rotatable bonds is 8. The first-order valence-electron chi connectivity index (χ1n) is 11.8. The number of benzene rings is 1. The van der Waals surface area contributed by atoms with E-state index in [1.165, 1.54) is 5.56 Å². The third-order valence-corrected chi connectivity index (χ3v) is 7.70. The average molecular weight is 436 g/mol. The van der Waals surface area contributed by atoms with E-state index in [0.29, 0.717) is 6.61 Å². The summed E-state index contributed by atoms with van der Waals surface area (Å²) in [4.78, 5) is 11.9. The van der Waals surface area contributed by atoms with Gasteiger partial charge in [-0.3, -0.25) is 9.88 Å². The number of ether oxygens (including phenoxy) is 1. The molecule has 1 aliphatic rings. The van der Waals surface area contributed by atoms with Gasteiger partial charge in [0.2, 0.25) is 0 Å². The molecule has 1 aliphatic heterocycles. The second kappa shape index (κ2) is 8.60. The quantitative estimate of drug-likeness (QED) is 0.440. The summed E-state index contributed by atoms with van der Waals surface area (Å²) >= 11 is 0. The van der Waals surface area contributed by atoms with Gasteiger partial charge >= 0.3 is 0 Å². The minimum atomic E-state index is -0.246. The van der Waals surface area contributed by atoms with Gasteiger partial charge in [-0.05, 0) is 84.7 Å². The van der Waals surface area contributed by atoms with Crippen LogP contribution < -0.4 is 0 Å². The van der Waals surface area contributed by atoms with Crippen molar-refractivity contribution in [1.82, 2.24) is 14.9 Å². The molecule has 1 saturated heterocycles. The van der Waals surface area contributed by atoms with Crippen LogP contribution in [0.3, 0.4) is 0 Å². The number of hydrogen-bond donors (Lipinski definition) is 0.